The highest BCUT2D eigenvalue weighted by atomic mass is 79.9. The van der Waals surface area contributed by atoms with Gasteiger partial charge in [0.2, 0.25) is 0 Å². The highest BCUT2D eigenvalue weighted by Crippen LogP contribution is 2.37. The zero-order chi connectivity index (χ0) is 8.72. The molecular formula is C8H4Br2O2. The number of phenols is 1. The Morgan fingerprint density at radius 3 is 2.75 bits per heavy atom. The van der Waals surface area contributed by atoms with Crippen LogP contribution in [0.4, 0.5) is 0 Å². The molecule has 0 bridgehead atoms. The van der Waals surface area contributed by atoms with Crippen molar-refractivity contribution in [1.29, 1.82) is 0 Å². The zero-order valence-corrected chi connectivity index (χ0v) is 9.02. The molecule has 0 radical (unpaired) electrons. The Kier molecular flexibility index (Phi) is 1.88. The Morgan fingerprint density at radius 2 is 2.00 bits per heavy atom. The quantitative estimate of drug-likeness (QED) is 0.803. The molecule has 62 valence electrons. The van der Waals surface area contributed by atoms with Gasteiger partial charge in [0.15, 0.2) is 11.3 Å². The molecule has 0 aliphatic heterocycles. The summed E-state index contributed by atoms with van der Waals surface area (Å²) in [6.45, 7) is 0. The van der Waals surface area contributed by atoms with Gasteiger partial charge in [0.25, 0.3) is 0 Å². The molecule has 1 heterocycles. The van der Waals surface area contributed by atoms with Crippen LogP contribution in [0, 0.1) is 0 Å². The number of halogens is 2. The second kappa shape index (κ2) is 2.78. The maximum atomic E-state index is 9.51. The molecular weight excluding hydrogens is 288 g/mol. The summed E-state index contributed by atoms with van der Waals surface area (Å²) in [5.74, 6) is 0.137. The fourth-order valence-corrected chi connectivity index (χ4v) is 2.30. The van der Waals surface area contributed by atoms with Crippen LogP contribution in [0.15, 0.2) is 31.8 Å². The van der Waals surface area contributed by atoms with Gasteiger partial charge in [-0.25, -0.2) is 0 Å². The van der Waals surface area contributed by atoms with E-state index < -0.39 is 0 Å². The lowest BCUT2D eigenvalue weighted by Gasteiger charge is -1.98. The van der Waals surface area contributed by atoms with Crippen molar-refractivity contribution >= 4 is 42.8 Å². The van der Waals surface area contributed by atoms with Crippen molar-refractivity contribution in [2.75, 3.05) is 0 Å². The van der Waals surface area contributed by atoms with Crippen LogP contribution in [0.1, 0.15) is 0 Å². The van der Waals surface area contributed by atoms with Crippen LogP contribution >= 0.6 is 31.9 Å². The van der Waals surface area contributed by atoms with Crippen LogP contribution in [0.3, 0.4) is 0 Å². The van der Waals surface area contributed by atoms with E-state index in [0.717, 1.165) is 9.86 Å². The summed E-state index contributed by atoms with van der Waals surface area (Å²) in [4.78, 5) is 0. The number of hydrogen-bond donors (Lipinski definition) is 1. The molecule has 1 aromatic heterocycles. The number of furan rings is 1. The second-order valence-corrected chi connectivity index (χ2v) is 4.06. The maximum absolute atomic E-state index is 9.51. The van der Waals surface area contributed by atoms with E-state index in [2.05, 4.69) is 31.9 Å². The van der Waals surface area contributed by atoms with Gasteiger partial charge in [0.1, 0.15) is 0 Å². The molecule has 0 aliphatic rings. The number of rotatable bonds is 0. The summed E-state index contributed by atoms with van der Waals surface area (Å²) in [6.07, 6.45) is 1.54. The lowest BCUT2D eigenvalue weighted by atomic mass is 10.2. The van der Waals surface area contributed by atoms with E-state index >= 15 is 0 Å². The Hall–Kier alpha value is -0.480. The van der Waals surface area contributed by atoms with E-state index in [1.165, 1.54) is 0 Å². The summed E-state index contributed by atoms with van der Waals surface area (Å²) >= 11 is 6.57. The average molecular weight is 292 g/mol. The number of phenolic OH excluding ortho intramolecular Hbond substituents is 1. The first-order valence-corrected chi connectivity index (χ1v) is 4.83. The predicted octanol–water partition coefficient (Wildman–Crippen LogP) is 3.66. The van der Waals surface area contributed by atoms with Gasteiger partial charge < -0.3 is 9.52 Å². The number of aromatic hydroxyl groups is 1. The summed E-state index contributed by atoms with van der Waals surface area (Å²) in [6, 6.07) is 3.58. The van der Waals surface area contributed by atoms with Gasteiger partial charge in [-0.1, -0.05) is 0 Å². The van der Waals surface area contributed by atoms with Crippen molar-refractivity contribution in [1.82, 2.24) is 0 Å². The highest BCUT2D eigenvalue weighted by molar-refractivity contribution is 9.11. The van der Waals surface area contributed by atoms with Gasteiger partial charge in [0, 0.05) is 9.86 Å². The molecule has 0 saturated heterocycles. The van der Waals surface area contributed by atoms with Gasteiger partial charge in [-0.15, -0.1) is 0 Å². The van der Waals surface area contributed by atoms with Crippen LogP contribution in [-0.2, 0) is 0 Å². The highest BCUT2D eigenvalue weighted by Gasteiger charge is 2.10. The molecule has 2 aromatic rings. The van der Waals surface area contributed by atoms with Crippen molar-refractivity contribution in [3.05, 3.63) is 27.3 Å². The first kappa shape index (κ1) is 8.13. The van der Waals surface area contributed by atoms with E-state index in [0.29, 0.717) is 10.1 Å². The van der Waals surface area contributed by atoms with Crippen LogP contribution in [0.5, 0.6) is 5.75 Å². The summed E-state index contributed by atoms with van der Waals surface area (Å²) < 4.78 is 6.62. The summed E-state index contributed by atoms with van der Waals surface area (Å²) in [5, 5.41) is 10.4. The fraction of sp³-hybridized carbons (Fsp3) is 0. The lowest BCUT2D eigenvalue weighted by molar-refractivity contribution is 0.462. The lowest BCUT2D eigenvalue weighted by Crippen LogP contribution is -1.72. The SMILES string of the molecule is Oc1c(Br)cc(Br)c2ccoc12. The molecule has 0 spiro atoms. The van der Waals surface area contributed by atoms with E-state index in [1.807, 2.05) is 0 Å². The Bertz CT molecular complexity index is 434. The van der Waals surface area contributed by atoms with Crippen LogP contribution < -0.4 is 0 Å². The minimum atomic E-state index is 0.137. The predicted molar refractivity (Wildman–Crippen MR) is 53.3 cm³/mol. The van der Waals surface area contributed by atoms with Crippen molar-refractivity contribution < 1.29 is 9.52 Å². The minimum absolute atomic E-state index is 0.137. The van der Waals surface area contributed by atoms with Crippen LogP contribution in [0.25, 0.3) is 11.0 Å². The van der Waals surface area contributed by atoms with E-state index in [4.69, 9.17) is 4.42 Å². The summed E-state index contributed by atoms with van der Waals surface area (Å²) in [7, 11) is 0. The van der Waals surface area contributed by atoms with Gasteiger partial charge in [0.05, 0.1) is 10.7 Å². The fourth-order valence-electron chi connectivity index (χ4n) is 1.05. The topological polar surface area (TPSA) is 33.4 Å². The molecule has 0 amide bonds. The van der Waals surface area contributed by atoms with Gasteiger partial charge in [-0.3, -0.25) is 0 Å². The molecule has 2 rings (SSSR count). The largest absolute Gasteiger partial charge is 0.503 e. The average Bonchev–Trinajstić information content (AvgIpc) is 2.48. The van der Waals surface area contributed by atoms with Crippen LogP contribution in [-0.4, -0.2) is 5.11 Å². The van der Waals surface area contributed by atoms with E-state index in [1.54, 1.807) is 18.4 Å². The zero-order valence-electron chi connectivity index (χ0n) is 5.84. The number of hydrogen-bond acceptors (Lipinski definition) is 2. The molecule has 4 heteroatoms. The molecule has 0 aliphatic carbocycles. The van der Waals surface area contributed by atoms with Crippen molar-refractivity contribution in [2.45, 2.75) is 0 Å². The molecule has 2 nitrogen and oxygen atoms in total. The molecule has 0 fully saturated rings. The van der Waals surface area contributed by atoms with Gasteiger partial charge in [-0.2, -0.15) is 0 Å². The molecule has 0 saturated carbocycles. The molecule has 1 N–H and O–H groups in total. The third kappa shape index (κ3) is 1.06. The molecule has 0 unspecified atom stereocenters. The van der Waals surface area contributed by atoms with Crippen molar-refractivity contribution in [3.63, 3.8) is 0 Å². The summed E-state index contributed by atoms with van der Waals surface area (Å²) in [5.41, 5.74) is 0.497. The first-order chi connectivity index (χ1) is 5.70. The van der Waals surface area contributed by atoms with Crippen molar-refractivity contribution in [3.8, 4) is 5.75 Å². The monoisotopic (exact) mass is 290 g/mol. The molecule has 1 aromatic carbocycles. The number of fused-ring (bicyclic) bond motifs is 1. The van der Waals surface area contributed by atoms with E-state index in [-0.39, 0.29) is 5.75 Å². The van der Waals surface area contributed by atoms with Crippen molar-refractivity contribution in [2.24, 2.45) is 0 Å². The Balaban J connectivity index is 2.97. The maximum Gasteiger partial charge on any atom is 0.177 e. The normalized spacial score (nSPS) is 10.8. The molecule has 0 atom stereocenters. The van der Waals surface area contributed by atoms with Gasteiger partial charge >= 0.3 is 0 Å². The molecule has 12 heavy (non-hydrogen) atoms. The Labute approximate surface area is 85.4 Å². The third-order valence-electron chi connectivity index (χ3n) is 1.62. The number of benzene rings is 1. The van der Waals surface area contributed by atoms with E-state index in [9.17, 15) is 5.11 Å². The van der Waals surface area contributed by atoms with Gasteiger partial charge in [-0.05, 0) is 44.0 Å². The third-order valence-corrected chi connectivity index (χ3v) is 2.88. The smallest absolute Gasteiger partial charge is 0.177 e. The standard InChI is InChI=1S/C8H4Br2O2/c9-5-3-6(10)7(11)8-4(5)1-2-12-8/h1-3,11H. The second-order valence-electron chi connectivity index (χ2n) is 2.35. The first-order valence-electron chi connectivity index (χ1n) is 3.24. The Morgan fingerprint density at radius 1 is 1.25 bits per heavy atom. The minimum Gasteiger partial charge on any atom is -0.503 e. The van der Waals surface area contributed by atoms with Crippen LogP contribution in [0.2, 0.25) is 0 Å².